The Bertz CT molecular complexity index is 2010. The monoisotopic (exact) mass is 1040 g/mol. The summed E-state index contributed by atoms with van der Waals surface area (Å²) in [6.45, 7) is 15.9. The molecule has 11 N–H and O–H groups in total. The van der Waals surface area contributed by atoms with Crippen molar-refractivity contribution in [3.05, 3.63) is 11.6 Å². The number of aliphatic hydroxyl groups is 11. The zero-order valence-electron chi connectivity index (χ0n) is 43.4. The van der Waals surface area contributed by atoms with Crippen molar-refractivity contribution in [2.45, 2.75) is 241 Å². The van der Waals surface area contributed by atoms with Crippen LogP contribution in [0.25, 0.3) is 0 Å². The van der Waals surface area contributed by atoms with Gasteiger partial charge in [0.1, 0.15) is 79.4 Å². The van der Waals surface area contributed by atoms with Crippen molar-refractivity contribution in [1.29, 1.82) is 0 Å². The van der Waals surface area contributed by atoms with Crippen LogP contribution >= 0.6 is 0 Å². The maximum absolute atomic E-state index is 12.3. The van der Waals surface area contributed by atoms with E-state index in [1.165, 1.54) is 6.92 Å². The Morgan fingerprint density at radius 2 is 1.32 bits per heavy atom. The van der Waals surface area contributed by atoms with Crippen molar-refractivity contribution in [1.82, 2.24) is 0 Å². The Balaban J connectivity index is 0.919. The van der Waals surface area contributed by atoms with Crippen molar-refractivity contribution in [2.75, 3.05) is 26.4 Å². The van der Waals surface area contributed by atoms with Crippen LogP contribution in [0.2, 0.25) is 0 Å². The second-order valence-electron chi connectivity index (χ2n) is 25.3. The van der Waals surface area contributed by atoms with Crippen molar-refractivity contribution in [3.8, 4) is 0 Å². The lowest BCUT2D eigenvalue weighted by molar-refractivity contribution is -0.399. The highest BCUT2D eigenvalue weighted by molar-refractivity contribution is 5.27. The van der Waals surface area contributed by atoms with E-state index in [0.717, 1.165) is 44.1 Å². The van der Waals surface area contributed by atoms with E-state index in [0.29, 0.717) is 25.4 Å². The summed E-state index contributed by atoms with van der Waals surface area (Å²) in [5.41, 5.74) is -0.717. The molecule has 29 atom stereocenters. The molecule has 10 fully saturated rings. The average Bonchev–Trinajstić information content (AvgIpc) is 3.85. The molecule has 0 radical (unpaired) electrons. The SMILES string of the molecule is CC(C)=C[C@@H]1C[C@](C)(O)C2C3CC[C@@H]4[C@@]5(C)CC[C@H](O[C@@H]6OC[C@H](O)[C@H](O[C@@H]7O[C@H](CO)[C@@H](O)[C@H](O)[C@H]7O[C@@H]7OC[C@@H](O)[C@H](O)[C@H]7O)[C@H]6O[C@@H]6O[C@@H](C)[C@H](O)[C@@H](O)[C@H]6O)C(C)(C)[C@@H]5CC[C@@]4(C)[C@@]34CO[C@@]2(C4)O1. The molecule has 2 bridgehead atoms. The molecule has 10 rings (SSSR count). The number of hydrogen-bond acceptors (Lipinski definition) is 21. The Morgan fingerprint density at radius 1 is 0.644 bits per heavy atom. The van der Waals surface area contributed by atoms with Crippen molar-refractivity contribution < 1.29 is 104 Å². The van der Waals surface area contributed by atoms with Gasteiger partial charge in [0.2, 0.25) is 0 Å². The topological polar surface area (TPSA) is 315 Å². The summed E-state index contributed by atoms with van der Waals surface area (Å²) in [6, 6.07) is 0. The van der Waals surface area contributed by atoms with Crippen molar-refractivity contribution in [3.63, 3.8) is 0 Å². The van der Waals surface area contributed by atoms with Crippen LogP contribution in [-0.2, 0) is 47.4 Å². The third-order valence-electron chi connectivity index (χ3n) is 20.4. The van der Waals surface area contributed by atoms with Gasteiger partial charge in [-0.2, -0.15) is 0 Å². The molecular weight excluding hydrogens is 961 g/mol. The highest BCUT2D eigenvalue weighted by Crippen LogP contribution is 2.80. The first kappa shape index (κ1) is 55.2. The first-order valence-electron chi connectivity index (χ1n) is 26.8. The minimum Gasteiger partial charge on any atom is -0.394 e. The van der Waals surface area contributed by atoms with Gasteiger partial charge in [0.25, 0.3) is 0 Å². The van der Waals surface area contributed by atoms with E-state index < -0.39 is 147 Å². The Morgan fingerprint density at radius 3 is 2.03 bits per heavy atom. The molecule has 4 saturated carbocycles. The van der Waals surface area contributed by atoms with Crippen LogP contribution in [-0.4, -0.2) is 217 Å². The van der Waals surface area contributed by atoms with Gasteiger partial charge in [-0.3, -0.25) is 0 Å². The number of ether oxygens (including phenoxy) is 10. The fourth-order valence-electron chi connectivity index (χ4n) is 16.9. The van der Waals surface area contributed by atoms with Gasteiger partial charge in [-0.1, -0.05) is 39.3 Å². The minimum absolute atomic E-state index is 0.108. The summed E-state index contributed by atoms with van der Waals surface area (Å²) in [5.74, 6) is -0.230. The molecule has 6 heterocycles. The summed E-state index contributed by atoms with van der Waals surface area (Å²) in [7, 11) is 0. The van der Waals surface area contributed by atoms with E-state index in [2.05, 4.69) is 47.6 Å². The van der Waals surface area contributed by atoms with Crippen LogP contribution in [0.15, 0.2) is 11.6 Å². The number of fused-ring (bicyclic) bond motifs is 4. The van der Waals surface area contributed by atoms with Crippen LogP contribution in [0.3, 0.4) is 0 Å². The molecule has 0 aromatic rings. The van der Waals surface area contributed by atoms with E-state index in [1.54, 1.807) is 0 Å². The zero-order chi connectivity index (χ0) is 52.7. The summed E-state index contributed by atoms with van der Waals surface area (Å²) in [6.07, 6.45) is -20.8. The van der Waals surface area contributed by atoms with Crippen LogP contribution in [0.4, 0.5) is 0 Å². The van der Waals surface area contributed by atoms with Gasteiger partial charge in [-0.15, -0.1) is 0 Å². The van der Waals surface area contributed by atoms with E-state index in [-0.39, 0.29) is 46.7 Å². The van der Waals surface area contributed by atoms with Gasteiger partial charge in [-0.05, 0) is 100 Å². The fraction of sp³-hybridized carbons (Fsp3) is 0.962. The van der Waals surface area contributed by atoms with Crippen LogP contribution in [0, 0.1) is 45.3 Å². The fourth-order valence-corrected chi connectivity index (χ4v) is 16.9. The molecule has 10 aliphatic rings. The molecule has 21 nitrogen and oxygen atoms in total. The van der Waals surface area contributed by atoms with Crippen LogP contribution in [0.5, 0.6) is 0 Å². The van der Waals surface area contributed by atoms with E-state index in [9.17, 15) is 56.2 Å². The lowest BCUT2D eigenvalue weighted by Gasteiger charge is -2.70. The quantitative estimate of drug-likeness (QED) is 0.0967. The molecule has 2 spiro atoms. The summed E-state index contributed by atoms with van der Waals surface area (Å²) in [4.78, 5) is 0. The van der Waals surface area contributed by atoms with E-state index in [1.807, 2.05) is 6.92 Å². The van der Waals surface area contributed by atoms with Gasteiger partial charge in [0, 0.05) is 24.2 Å². The Hall–Kier alpha value is -1.10. The largest absolute Gasteiger partial charge is 0.394 e. The molecule has 0 amide bonds. The molecule has 6 saturated heterocycles. The maximum atomic E-state index is 12.3. The van der Waals surface area contributed by atoms with Crippen molar-refractivity contribution >= 4 is 0 Å². The van der Waals surface area contributed by atoms with E-state index >= 15 is 0 Å². The van der Waals surface area contributed by atoms with Gasteiger partial charge in [0.05, 0.1) is 50.3 Å². The lowest BCUT2D eigenvalue weighted by Crippen LogP contribution is -2.68. The first-order valence-corrected chi connectivity index (χ1v) is 26.8. The standard InChI is InChI=1S/C52H84O21/c1-22(2)15-24-16-50(8,63)42-25-9-10-30-48(6)13-12-31(47(4,5)29(48)11-14-49(30,7)51(25)20-52(42,73-24)66-21-51)69-45-41(72-44-38(62)35(59)32(56)23(3)67-44)39(27(55)19-65-45)70-46-40(36(60)34(58)28(17-53)68-46)71-43-37(61)33(57)26(54)18-64-43/h15,23-46,53-63H,9-14,16-21H2,1-8H3/t23-,24+,25?,26+,27-,28+,29-,30+,31-,32-,33-,34+,35+,36-,37+,38+,39-,40+,41+,42?,43-,44-,45-,46-,48-,49+,50-,51-,52-/m0/s1. The van der Waals surface area contributed by atoms with Crippen LogP contribution in [0.1, 0.15) is 107 Å². The molecule has 4 aliphatic carbocycles. The normalized spacial score (nSPS) is 57.5. The molecule has 0 aromatic heterocycles. The summed E-state index contributed by atoms with van der Waals surface area (Å²) < 4.78 is 63.4. The zero-order valence-corrected chi connectivity index (χ0v) is 43.4. The molecule has 6 aliphatic heterocycles. The van der Waals surface area contributed by atoms with Gasteiger partial charge < -0.3 is 104 Å². The number of allylic oxidation sites excluding steroid dienone is 1. The van der Waals surface area contributed by atoms with Crippen molar-refractivity contribution in [2.24, 2.45) is 45.3 Å². The van der Waals surface area contributed by atoms with Gasteiger partial charge in [-0.25, -0.2) is 0 Å². The smallest absolute Gasteiger partial charge is 0.187 e. The highest BCUT2D eigenvalue weighted by atomic mass is 16.8. The number of hydrogen-bond donors (Lipinski definition) is 11. The van der Waals surface area contributed by atoms with E-state index in [4.69, 9.17) is 47.4 Å². The molecule has 418 valence electrons. The third kappa shape index (κ3) is 8.77. The Kier molecular flexibility index (Phi) is 14.8. The lowest BCUT2D eigenvalue weighted by atomic mass is 9.35. The Labute approximate surface area is 426 Å². The third-order valence-corrected chi connectivity index (χ3v) is 20.4. The average molecular weight is 1050 g/mol. The number of rotatable bonds is 10. The molecular formula is C52H84O21. The summed E-state index contributed by atoms with van der Waals surface area (Å²) in [5, 5.41) is 121. The minimum atomic E-state index is -1.87. The highest BCUT2D eigenvalue weighted by Gasteiger charge is 2.81. The molecule has 0 aromatic carbocycles. The predicted molar refractivity (Wildman–Crippen MR) is 250 cm³/mol. The predicted octanol–water partition coefficient (Wildman–Crippen LogP) is -0.542. The summed E-state index contributed by atoms with van der Waals surface area (Å²) >= 11 is 0. The van der Waals surface area contributed by atoms with Gasteiger partial charge in [0.15, 0.2) is 30.9 Å². The second-order valence-corrected chi connectivity index (χ2v) is 25.3. The maximum Gasteiger partial charge on any atom is 0.187 e. The molecule has 21 heteroatoms. The number of aliphatic hydroxyl groups excluding tert-OH is 10. The second kappa shape index (κ2) is 19.6. The van der Waals surface area contributed by atoms with Crippen LogP contribution < -0.4 is 0 Å². The molecule has 2 unspecified atom stereocenters. The first-order chi connectivity index (χ1) is 34.2. The molecule has 73 heavy (non-hydrogen) atoms. The van der Waals surface area contributed by atoms with Gasteiger partial charge >= 0.3 is 0 Å².